The van der Waals surface area contributed by atoms with E-state index >= 15 is 0 Å². The first kappa shape index (κ1) is 9.93. The van der Waals surface area contributed by atoms with Crippen LogP contribution >= 0.6 is 23.1 Å². The SMILES string of the molecule is CCSCCCNc1ccsc1. The molecule has 0 atom stereocenters. The molecule has 1 nitrogen and oxygen atoms in total. The molecule has 0 bridgehead atoms. The lowest BCUT2D eigenvalue weighted by atomic mass is 10.4. The molecule has 3 heteroatoms. The van der Waals surface area contributed by atoms with Crippen molar-refractivity contribution in [3.05, 3.63) is 16.8 Å². The summed E-state index contributed by atoms with van der Waals surface area (Å²) in [7, 11) is 0. The molecule has 1 aromatic rings. The highest BCUT2D eigenvalue weighted by atomic mass is 32.2. The Labute approximate surface area is 82.6 Å². The van der Waals surface area contributed by atoms with Crippen molar-refractivity contribution in [2.24, 2.45) is 0 Å². The molecule has 0 unspecified atom stereocenters. The number of hydrogen-bond donors (Lipinski definition) is 1. The Morgan fingerprint density at radius 3 is 3.17 bits per heavy atom. The summed E-state index contributed by atoms with van der Waals surface area (Å²) < 4.78 is 0. The Hall–Kier alpha value is -0.150. The maximum atomic E-state index is 3.38. The van der Waals surface area contributed by atoms with Crippen LogP contribution in [0.4, 0.5) is 5.69 Å². The van der Waals surface area contributed by atoms with Gasteiger partial charge in [0, 0.05) is 17.6 Å². The van der Waals surface area contributed by atoms with Crippen LogP contribution in [0.1, 0.15) is 13.3 Å². The van der Waals surface area contributed by atoms with E-state index in [2.05, 4.69) is 29.1 Å². The monoisotopic (exact) mass is 201 g/mol. The lowest BCUT2D eigenvalue weighted by Gasteiger charge is -2.02. The zero-order chi connectivity index (χ0) is 8.65. The lowest BCUT2D eigenvalue weighted by Crippen LogP contribution is -2.01. The first-order chi connectivity index (χ1) is 5.93. The Morgan fingerprint density at radius 1 is 1.58 bits per heavy atom. The van der Waals surface area contributed by atoms with Crippen LogP contribution in [-0.2, 0) is 0 Å². The highest BCUT2D eigenvalue weighted by Gasteiger charge is 1.90. The van der Waals surface area contributed by atoms with E-state index in [4.69, 9.17) is 0 Å². The summed E-state index contributed by atoms with van der Waals surface area (Å²) in [5, 5.41) is 7.63. The molecule has 0 aliphatic rings. The third-order valence-electron chi connectivity index (χ3n) is 1.52. The van der Waals surface area contributed by atoms with Crippen molar-refractivity contribution in [2.45, 2.75) is 13.3 Å². The average Bonchev–Trinajstić information content (AvgIpc) is 2.57. The van der Waals surface area contributed by atoms with Crippen molar-refractivity contribution in [3.63, 3.8) is 0 Å². The quantitative estimate of drug-likeness (QED) is 0.709. The molecule has 0 radical (unpaired) electrons. The number of nitrogens with one attached hydrogen (secondary N) is 1. The van der Waals surface area contributed by atoms with E-state index in [0.29, 0.717) is 0 Å². The van der Waals surface area contributed by atoms with E-state index in [1.54, 1.807) is 11.3 Å². The fourth-order valence-corrected chi connectivity index (χ4v) is 2.17. The predicted molar refractivity (Wildman–Crippen MR) is 60.4 cm³/mol. The van der Waals surface area contributed by atoms with Crippen molar-refractivity contribution in [2.75, 3.05) is 23.4 Å². The van der Waals surface area contributed by atoms with Gasteiger partial charge in [-0.05, 0) is 29.4 Å². The third-order valence-corrected chi connectivity index (χ3v) is 3.19. The molecule has 1 N–H and O–H groups in total. The van der Waals surface area contributed by atoms with Gasteiger partial charge in [0.25, 0.3) is 0 Å². The summed E-state index contributed by atoms with van der Waals surface area (Å²) in [6.45, 7) is 3.31. The Balaban J connectivity index is 1.96. The second kappa shape index (κ2) is 6.38. The zero-order valence-corrected chi connectivity index (χ0v) is 9.01. The van der Waals surface area contributed by atoms with E-state index in [9.17, 15) is 0 Å². The van der Waals surface area contributed by atoms with Gasteiger partial charge in [0.15, 0.2) is 0 Å². The number of rotatable bonds is 6. The molecule has 0 aliphatic heterocycles. The molecule has 0 amide bonds. The van der Waals surface area contributed by atoms with Crippen LogP contribution in [-0.4, -0.2) is 18.1 Å². The van der Waals surface area contributed by atoms with Crippen LogP contribution in [0.3, 0.4) is 0 Å². The zero-order valence-electron chi connectivity index (χ0n) is 7.38. The summed E-state index contributed by atoms with van der Waals surface area (Å²) >= 11 is 3.75. The minimum Gasteiger partial charge on any atom is -0.384 e. The van der Waals surface area contributed by atoms with Crippen molar-refractivity contribution in [3.8, 4) is 0 Å². The molecule has 0 saturated carbocycles. The molecule has 0 saturated heterocycles. The molecule has 68 valence electrons. The van der Waals surface area contributed by atoms with Crippen LogP contribution < -0.4 is 5.32 Å². The van der Waals surface area contributed by atoms with Crippen LogP contribution in [0.2, 0.25) is 0 Å². The molecule has 0 aromatic carbocycles. The molecule has 0 aliphatic carbocycles. The van der Waals surface area contributed by atoms with Crippen LogP contribution in [0.15, 0.2) is 16.8 Å². The van der Waals surface area contributed by atoms with E-state index in [-0.39, 0.29) is 0 Å². The topological polar surface area (TPSA) is 12.0 Å². The summed E-state index contributed by atoms with van der Waals surface area (Å²) in [6.07, 6.45) is 1.26. The van der Waals surface area contributed by atoms with E-state index in [1.165, 1.54) is 23.6 Å². The number of thioether (sulfide) groups is 1. The third kappa shape index (κ3) is 4.02. The standard InChI is InChI=1S/C9H15NS2/c1-2-11-6-3-5-10-9-4-7-12-8-9/h4,7-8,10H,2-3,5-6H2,1H3. The number of thiophene rings is 1. The summed E-state index contributed by atoms with van der Waals surface area (Å²) in [4.78, 5) is 0. The molecular formula is C9H15NS2. The number of anilines is 1. The predicted octanol–water partition coefficient (Wildman–Crippen LogP) is 3.30. The van der Waals surface area contributed by atoms with Gasteiger partial charge in [-0.2, -0.15) is 23.1 Å². The van der Waals surface area contributed by atoms with Gasteiger partial charge in [-0.1, -0.05) is 6.92 Å². The van der Waals surface area contributed by atoms with Gasteiger partial charge in [0.2, 0.25) is 0 Å². The lowest BCUT2D eigenvalue weighted by molar-refractivity contribution is 0.993. The first-order valence-corrected chi connectivity index (χ1v) is 6.37. The van der Waals surface area contributed by atoms with Crippen LogP contribution in [0, 0.1) is 0 Å². The minimum absolute atomic E-state index is 1.10. The van der Waals surface area contributed by atoms with Crippen molar-refractivity contribution in [1.29, 1.82) is 0 Å². The minimum atomic E-state index is 1.10. The fourth-order valence-electron chi connectivity index (χ4n) is 0.916. The van der Waals surface area contributed by atoms with Gasteiger partial charge in [0.05, 0.1) is 0 Å². The summed E-state index contributed by atoms with van der Waals surface area (Å²) in [6, 6.07) is 2.12. The molecule has 0 fully saturated rings. The average molecular weight is 201 g/mol. The van der Waals surface area contributed by atoms with Gasteiger partial charge in [-0.15, -0.1) is 0 Å². The van der Waals surface area contributed by atoms with E-state index in [1.807, 2.05) is 11.8 Å². The van der Waals surface area contributed by atoms with Gasteiger partial charge in [0.1, 0.15) is 0 Å². The first-order valence-electron chi connectivity index (χ1n) is 4.27. The maximum Gasteiger partial charge on any atom is 0.0448 e. The van der Waals surface area contributed by atoms with E-state index in [0.717, 1.165) is 6.54 Å². The van der Waals surface area contributed by atoms with Gasteiger partial charge < -0.3 is 5.32 Å². The highest BCUT2D eigenvalue weighted by molar-refractivity contribution is 7.99. The summed E-state index contributed by atoms with van der Waals surface area (Å²) in [5.74, 6) is 2.51. The number of hydrogen-bond acceptors (Lipinski definition) is 3. The largest absolute Gasteiger partial charge is 0.384 e. The second-order valence-electron chi connectivity index (χ2n) is 2.49. The molecule has 1 heterocycles. The maximum absolute atomic E-state index is 3.38. The fraction of sp³-hybridized carbons (Fsp3) is 0.556. The van der Waals surface area contributed by atoms with E-state index < -0.39 is 0 Å². The van der Waals surface area contributed by atoms with Crippen LogP contribution in [0.25, 0.3) is 0 Å². The Bertz CT molecular complexity index is 184. The van der Waals surface area contributed by atoms with Crippen molar-refractivity contribution < 1.29 is 0 Å². The second-order valence-corrected chi connectivity index (χ2v) is 4.66. The van der Waals surface area contributed by atoms with Gasteiger partial charge in [-0.3, -0.25) is 0 Å². The van der Waals surface area contributed by atoms with Gasteiger partial charge in [-0.25, -0.2) is 0 Å². The molecule has 1 rings (SSSR count). The smallest absolute Gasteiger partial charge is 0.0448 e. The highest BCUT2D eigenvalue weighted by Crippen LogP contribution is 2.11. The molecule has 12 heavy (non-hydrogen) atoms. The molecular weight excluding hydrogens is 186 g/mol. The summed E-state index contributed by atoms with van der Waals surface area (Å²) in [5.41, 5.74) is 1.27. The van der Waals surface area contributed by atoms with Crippen molar-refractivity contribution in [1.82, 2.24) is 0 Å². The van der Waals surface area contributed by atoms with Gasteiger partial charge >= 0.3 is 0 Å². The van der Waals surface area contributed by atoms with Crippen molar-refractivity contribution >= 4 is 28.8 Å². The Morgan fingerprint density at radius 2 is 2.50 bits per heavy atom. The Kier molecular flexibility index (Phi) is 5.28. The molecule has 1 aromatic heterocycles. The molecule has 0 spiro atoms. The van der Waals surface area contributed by atoms with Crippen LogP contribution in [0.5, 0.6) is 0 Å². The normalized spacial score (nSPS) is 10.1.